The average Bonchev–Trinajstić information content (AvgIpc) is 2.73. The van der Waals surface area contributed by atoms with Crippen molar-refractivity contribution < 1.29 is 19.1 Å². The SMILES string of the molecule is CCOC(=O)C(NC(=O)/C(=C\c1ccc(Br)cc1)NC(=O)c1ccccc1)C(C)C. The zero-order chi connectivity index (χ0) is 22.1. The fourth-order valence-corrected chi connectivity index (χ4v) is 2.88. The quantitative estimate of drug-likeness (QED) is 0.450. The normalized spacial score (nSPS) is 12.2. The van der Waals surface area contributed by atoms with E-state index in [4.69, 9.17) is 4.74 Å². The van der Waals surface area contributed by atoms with Crippen molar-refractivity contribution in [2.24, 2.45) is 5.92 Å². The maximum absolute atomic E-state index is 13.0. The summed E-state index contributed by atoms with van der Waals surface area (Å²) in [7, 11) is 0. The van der Waals surface area contributed by atoms with Crippen molar-refractivity contribution in [3.05, 3.63) is 75.9 Å². The van der Waals surface area contributed by atoms with E-state index in [1.54, 1.807) is 55.5 Å². The monoisotopic (exact) mass is 472 g/mol. The summed E-state index contributed by atoms with van der Waals surface area (Å²) in [6.07, 6.45) is 1.56. The molecule has 6 nitrogen and oxygen atoms in total. The molecule has 2 aromatic rings. The van der Waals surface area contributed by atoms with Crippen LogP contribution >= 0.6 is 15.9 Å². The molecule has 7 heteroatoms. The Hall–Kier alpha value is -2.93. The summed E-state index contributed by atoms with van der Waals surface area (Å²) in [6, 6.07) is 15.0. The Bertz CT molecular complexity index is 909. The minimum atomic E-state index is -0.834. The number of esters is 1. The largest absolute Gasteiger partial charge is 0.464 e. The van der Waals surface area contributed by atoms with Crippen LogP contribution in [0.15, 0.2) is 64.8 Å². The van der Waals surface area contributed by atoms with Crippen LogP contribution in [0.1, 0.15) is 36.7 Å². The standard InChI is InChI=1S/C23H25BrN2O4/c1-4-30-23(29)20(15(2)3)26-22(28)19(14-16-10-12-18(24)13-11-16)25-21(27)17-8-6-5-7-9-17/h5-15,20H,4H2,1-3H3,(H,25,27)(H,26,28)/b19-14+. The molecule has 30 heavy (non-hydrogen) atoms. The molecule has 158 valence electrons. The number of amides is 2. The van der Waals surface area contributed by atoms with Gasteiger partial charge in [-0.15, -0.1) is 0 Å². The first-order valence-electron chi connectivity index (χ1n) is 9.63. The van der Waals surface area contributed by atoms with Crippen LogP contribution < -0.4 is 10.6 Å². The van der Waals surface area contributed by atoms with Crippen molar-refractivity contribution in [2.75, 3.05) is 6.61 Å². The molecular formula is C23H25BrN2O4. The molecule has 0 aromatic heterocycles. The molecule has 0 heterocycles. The highest BCUT2D eigenvalue weighted by Crippen LogP contribution is 2.14. The van der Waals surface area contributed by atoms with Gasteiger partial charge in [-0.1, -0.05) is 60.1 Å². The zero-order valence-electron chi connectivity index (χ0n) is 17.1. The molecule has 0 aliphatic carbocycles. The van der Waals surface area contributed by atoms with Gasteiger partial charge >= 0.3 is 5.97 Å². The Balaban J connectivity index is 2.31. The Morgan fingerprint density at radius 3 is 2.23 bits per heavy atom. The van der Waals surface area contributed by atoms with E-state index < -0.39 is 23.8 Å². The molecule has 0 aliphatic rings. The Morgan fingerprint density at radius 2 is 1.67 bits per heavy atom. The lowest BCUT2D eigenvalue weighted by molar-refractivity contribution is -0.148. The van der Waals surface area contributed by atoms with Gasteiger partial charge in [-0.2, -0.15) is 0 Å². The number of hydrogen-bond acceptors (Lipinski definition) is 4. The lowest BCUT2D eigenvalue weighted by Crippen LogP contribution is -2.47. The van der Waals surface area contributed by atoms with Crippen LogP contribution in [0.3, 0.4) is 0 Å². The average molecular weight is 473 g/mol. The molecular weight excluding hydrogens is 448 g/mol. The minimum Gasteiger partial charge on any atom is -0.464 e. The highest BCUT2D eigenvalue weighted by Gasteiger charge is 2.27. The molecule has 0 bridgehead atoms. The van der Waals surface area contributed by atoms with Crippen LogP contribution in [0.2, 0.25) is 0 Å². The number of carbonyl (C=O) groups excluding carboxylic acids is 3. The van der Waals surface area contributed by atoms with Gasteiger partial charge in [0.1, 0.15) is 11.7 Å². The van der Waals surface area contributed by atoms with Crippen LogP contribution in [-0.2, 0) is 14.3 Å². The highest BCUT2D eigenvalue weighted by molar-refractivity contribution is 9.10. The second-order valence-corrected chi connectivity index (χ2v) is 7.79. The lowest BCUT2D eigenvalue weighted by Gasteiger charge is -2.21. The van der Waals surface area contributed by atoms with Gasteiger partial charge in [0.2, 0.25) is 0 Å². The summed E-state index contributed by atoms with van der Waals surface area (Å²) in [5.41, 5.74) is 1.16. The number of halogens is 1. The van der Waals surface area contributed by atoms with Crippen LogP contribution in [0.25, 0.3) is 6.08 Å². The Kier molecular flexibility index (Phi) is 8.80. The number of ether oxygens (including phenoxy) is 1. The van der Waals surface area contributed by atoms with Gasteiger partial charge in [0.05, 0.1) is 6.61 Å². The van der Waals surface area contributed by atoms with E-state index in [2.05, 4.69) is 26.6 Å². The number of carbonyl (C=O) groups is 3. The van der Waals surface area contributed by atoms with Crippen molar-refractivity contribution in [2.45, 2.75) is 26.8 Å². The highest BCUT2D eigenvalue weighted by atomic mass is 79.9. The minimum absolute atomic E-state index is 0.0288. The first-order chi connectivity index (χ1) is 14.3. The van der Waals surface area contributed by atoms with Gasteiger partial charge < -0.3 is 15.4 Å². The fourth-order valence-electron chi connectivity index (χ4n) is 2.62. The molecule has 1 atom stereocenters. The topological polar surface area (TPSA) is 84.5 Å². The first kappa shape index (κ1) is 23.3. The third-order valence-corrected chi connectivity index (χ3v) is 4.73. The predicted octanol–water partition coefficient (Wildman–Crippen LogP) is 3.92. The number of benzene rings is 2. The van der Waals surface area contributed by atoms with Gasteiger partial charge in [-0.05, 0) is 48.7 Å². The number of nitrogens with one attached hydrogen (secondary N) is 2. The molecule has 0 radical (unpaired) electrons. The van der Waals surface area contributed by atoms with E-state index in [0.29, 0.717) is 11.1 Å². The fraction of sp³-hybridized carbons (Fsp3) is 0.261. The van der Waals surface area contributed by atoms with Gasteiger partial charge in [-0.3, -0.25) is 9.59 Å². The predicted molar refractivity (Wildman–Crippen MR) is 119 cm³/mol. The van der Waals surface area contributed by atoms with Crippen molar-refractivity contribution in [3.8, 4) is 0 Å². The van der Waals surface area contributed by atoms with Gasteiger partial charge in [-0.25, -0.2) is 4.79 Å². The molecule has 0 saturated carbocycles. The van der Waals surface area contributed by atoms with Gasteiger partial charge in [0.25, 0.3) is 11.8 Å². The third-order valence-electron chi connectivity index (χ3n) is 4.20. The summed E-state index contributed by atoms with van der Waals surface area (Å²) in [6.45, 7) is 5.53. The molecule has 0 saturated heterocycles. The second-order valence-electron chi connectivity index (χ2n) is 6.88. The molecule has 0 spiro atoms. The summed E-state index contributed by atoms with van der Waals surface area (Å²) in [5.74, 6) is -1.70. The lowest BCUT2D eigenvalue weighted by atomic mass is 10.0. The van der Waals surface area contributed by atoms with Crippen molar-refractivity contribution in [3.63, 3.8) is 0 Å². The molecule has 2 N–H and O–H groups in total. The van der Waals surface area contributed by atoms with Gasteiger partial charge in [0.15, 0.2) is 0 Å². The third kappa shape index (κ3) is 6.84. The van der Waals surface area contributed by atoms with E-state index in [-0.39, 0.29) is 18.2 Å². The van der Waals surface area contributed by atoms with Crippen LogP contribution in [-0.4, -0.2) is 30.4 Å². The zero-order valence-corrected chi connectivity index (χ0v) is 18.7. The van der Waals surface area contributed by atoms with Gasteiger partial charge in [0, 0.05) is 10.0 Å². The molecule has 0 aliphatic heterocycles. The second kappa shape index (κ2) is 11.3. The number of rotatable bonds is 8. The molecule has 2 amide bonds. The van der Waals surface area contributed by atoms with E-state index in [1.807, 2.05) is 26.0 Å². The van der Waals surface area contributed by atoms with E-state index in [0.717, 1.165) is 4.47 Å². The summed E-state index contributed by atoms with van der Waals surface area (Å²) < 4.78 is 5.95. The van der Waals surface area contributed by atoms with E-state index in [9.17, 15) is 14.4 Å². The van der Waals surface area contributed by atoms with Crippen LogP contribution in [0.4, 0.5) is 0 Å². The number of hydrogen-bond donors (Lipinski definition) is 2. The van der Waals surface area contributed by atoms with E-state index in [1.165, 1.54) is 0 Å². The summed E-state index contributed by atoms with van der Waals surface area (Å²) in [4.78, 5) is 37.9. The summed E-state index contributed by atoms with van der Waals surface area (Å²) in [5, 5.41) is 5.34. The maximum Gasteiger partial charge on any atom is 0.328 e. The van der Waals surface area contributed by atoms with Crippen LogP contribution in [0, 0.1) is 5.92 Å². The van der Waals surface area contributed by atoms with E-state index >= 15 is 0 Å². The maximum atomic E-state index is 13.0. The van der Waals surface area contributed by atoms with Crippen molar-refractivity contribution >= 4 is 39.8 Å². The Morgan fingerprint density at radius 1 is 1.03 bits per heavy atom. The molecule has 0 fully saturated rings. The van der Waals surface area contributed by atoms with Crippen molar-refractivity contribution in [1.82, 2.24) is 10.6 Å². The van der Waals surface area contributed by atoms with Crippen molar-refractivity contribution in [1.29, 1.82) is 0 Å². The summed E-state index contributed by atoms with van der Waals surface area (Å²) >= 11 is 3.37. The van der Waals surface area contributed by atoms with Crippen LogP contribution in [0.5, 0.6) is 0 Å². The first-order valence-corrected chi connectivity index (χ1v) is 10.4. The Labute approximate surface area is 184 Å². The molecule has 1 unspecified atom stereocenters. The molecule has 2 aromatic carbocycles. The smallest absolute Gasteiger partial charge is 0.328 e. The molecule has 2 rings (SSSR count).